The molecule has 5 N–H and O–H groups in total. The molecular formula is C27H45NO5. The molecular weight excluding hydrogens is 418 g/mol. The van der Waals surface area contributed by atoms with Gasteiger partial charge in [0.1, 0.15) is 0 Å². The van der Waals surface area contributed by atoms with Crippen molar-refractivity contribution in [2.75, 3.05) is 6.54 Å². The van der Waals surface area contributed by atoms with E-state index in [0.29, 0.717) is 43.4 Å². The molecule has 0 aromatic carbocycles. The van der Waals surface area contributed by atoms with Crippen LogP contribution in [0, 0.1) is 51.8 Å². The van der Waals surface area contributed by atoms with Gasteiger partial charge in [-0.1, -0.05) is 27.7 Å². The number of hydrogen-bond acceptors (Lipinski definition) is 5. The van der Waals surface area contributed by atoms with Crippen molar-refractivity contribution in [3.8, 4) is 0 Å². The Morgan fingerprint density at radius 3 is 2.39 bits per heavy atom. The van der Waals surface area contributed by atoms with Crippen molar-refractivity contribution in [3.63, 3.8) is 0 Å². The molecule has 4 fully saturated rings. The summed E-state index contributed by atoms with van der Waals surface area (Å²) < 4.78 is 0. The third kappa shape index (κ3) is 3.61. The summed E-state index contributed by atoms with van der Waals surface area (Å²) in [5.74, 6) is 1.06. The molecule has 11 atom stereocenters. The Morgan fingerprint density at radius 1 is 1.06 bits per heavy atom. The average molecular weight is 464 g/mol. The van der Waals surface area contributed by atoms with Crippen LogP contribution in [0.25, 0.3) is 0 Å². The molecule has 0 saturated heterocycles. The summed E-state index contributed by atoms with van der Waals surface area (Å²) in [5, 5.41) is 31.4. The van der Waals surface area contributed by atoms with Crippen LogP contribution in [0.1, 0.15) is 85.5 Å². The molecule has 4 rings (SSSR count). The first kappa shape index (κ1) is 25.1. The molecule has 4 aliphatic rings. The van der Waals surface area contributed by atoms with Crippen molar-refractivity contribution in [1.29, 1.82) is 0 Å². The van der Waals surface area contributed by atoms with Crippen LogP contribution in [-0.2, 0) is 9.59 Å². The second kappa shape index (κ2) is 8.60. The Balaban J connectivity index is 1.67. The molecule has 33 heavy (non-hydrogen) atoms. The number of aliphatic carboxylic acids is 1. The fourth-order valence-electron chi connectivity index (χ4n) is 9.90. The number of aliphatic hydroxyl groups is 2. The summed E-state index contributed by atoms with van der Waals surface area (Å²) in [6.45, 7) is 8.90. The van der Waals surface area contributed by atoms with Crippen molar-refractivity contribution in [2.24, 2.45) is 57.5 Å². The van der Waals surface area contributed by atoms with Crippen LogP contribution in [-0.4, -0.2) is 45.8 Å². The Labute approximate surface area is 198 Å². The number of Topliss-reactive ketones (excluding diaryl/α,β-unsaturated/α-hetero) is 1. The van der Waals surface area contributed by atoms with Gasteiger partial charge in [0.05, 0.1) is 18.8 Å². The van der Waals surface area contributed by atoms with Crippen molar-refractivity contribution in [1.82, 2.24) is 0 Å². The number of carbonyl (C=O) groups is 2. The summed E-state index contributed by atoms with van der Waals surface area (Å²) in [4.78, 5) is 24.4. The predicted molar refractivity (Wildman–Crippen MR) is 126 cm³/mol. The molecule has 0 heterocycles. The lowest BCUT2D eigenvalue weighted by Crippen LogP contribution is -2.66. The number of rotatable bonds is 6. The summed E-state index contributed by atoms with van der Waals surface area (Å²) >= 11 is 0. The van der Waals surface area contributed by atoms with Gasteiger partial charge in [0.15, 0.2) is 5.78 Å². The van der Waals surface area contributed by atoms with Gasteiger partial charge in [0.25, 0.3) is 0 Å². The lowest BCUT2D eigenvalue weighted by Gasteiger charge is -2.67. The van der Waals surface area contributed by atoms with Gasteiger partial charge in [-0.3, -0.25) is 9.59 Å². The number of ketones is 1. The number of aliphatic hydroxyl groups excluding tert-OH is 2. The van der Waals surface area contributed by atoms with Crippen LogP contribution >= 0.6 is 0 Å². The van der Waals surface area contributed by atoms with E-state index in [-0.39, 0.29) is 47.3 Å². The minimum atomic E-state index is -0.727. The maximum Gasteiger partial charge on any atom is 0.303 e. The van der Waals surface area contributed by atoms with Gasteiger partial charge in [-0.25, -0.2) is 0 Å². The summed E-state index contributed by atoms with van der Waals surface area (Å²) in [6, 6.07) is 0. The van der Waals surface area contributed by atoms with Crippen LogP contribution in [0.4, 0.5) is 0 Å². The lowest BCUT2D eigenvalue weighted by atomic mass is 9.37. The van der Waals surface area contributed by atoms with Crippen molar-refractivity contribution in [2.45, 2.75) is 97.7 Å². The zero-order valence-electron chi connectivity index (χ0n) is 20.9. The second-order valence-corrected chi connectivity index (χ2v) is 12.8. The van der Waals surface area contributed by atoms with Gasteiger partial charge >= 0.3 is 5.97 Å². The summed E-state index contributed by atoms with van der Waals surface area (Å²) in [6.07, 6.45) is 5.96. The number of carbonyl (C=O) groups excluding carboxylic acids is 1. The highest BCUT2D eigenvalue weighted by molar-refractivity contribution is 5.87. The Morgan fingerprint density at radius 2 is 1.76 bits per heavy atom. The molecule has 0 spiro atoms. The quantitative estimate of drug-likeness (QED) is 0.477. The minimum Gasteiger partial charge on any atom is -0.481 e. The predicted octanol–water partition coefficient (Wildman–Crippen LogP) is 3.62. The van der Waals surface area contributed by atoms with Crippen LogP contribution in [0.5, 0.6) is 0 Å². The summed E-state index contributed by atoms with van der Waals surface area (Å²) in [7, 11) is 0. The highest BCUT2D eigenvalue weighted by Crippen LogP contribution is 2.71. The van der Waals surface area contributed by atoms with E-state index in [1.54, 1.807) is 0 Å². The number of hydrogen-bond donors (Lipinski definition) is 4. The van der Waals surface area contributed by atoms with Crippen LogP contribution < -0.4 is 5.73 Å². The monoisotopic (exact) mass is 463 g/mol. The molecule has 0 aromatic rings. The van der Waals surface area contributed by atoms with Gasteiger partial charge in [0.2, 0.25) is 0 Å². The second-order valence-electron chi connectivity index (χ2n) is 12.8. The standard InChI is InChI=1S/C27H45NO5/c1-15(5-8-23(32)33)18-6-7-19-24-20(9-10-25(18,19)2)27(4)16(12-21(24)30)11-17(29)13-26(27,3)22(31)14-28/h15-21,24,29-30H,5-14,28H2,1-4H3,(H,32,33)/t15-,16?,17-,18-,19+,20+,21+,24+,25-,26?,27+/m1/s1. The SMILES string of the molecule is C[C@H](CCC(=O)O)[C@H]1CC[C@H]2[C@@H]3[C@@H](O)CC4C[C@@H](O)CC(C)(C(=O)CN)[C@]4(C)[C@H]3CC[C@]12C. The largest absolute Gasteiger partial charge is 0.481 e. The first-order valence-corrected chi connectivity index (χ1v) is 13.2. The molecule has 4 saturated carbocycles. The van der Waals surface area contributed by atoms with Gasteiger partial charge in [0, 0.05) is 11.8 Å². The third-order valence-electron chi connectivity index (χ3n) is 11.7. The topological polar surface area (TPSA) is 121 Å². The van der Waals surface area contributed by atoms with Gasteiger partial charge < -0.3 is 21.1 Å². The first-order valence-electron chi connectivity index (χ1n) is 13.2. The van der Waals surface area contributed by atoms with Crippen LogP contribution in [0.3, 0.4) is 0 Å². The molecule has 6 nitrogen and oxygen atoms in total. The molecule has 0 aromatic heterocycles. The van der Waals surface area contributed by atoms with E-state index in [2.05, 4.69) is 20.8 Å². The van der Waals surface area contributed by atoms with Crippen LogP contribution in [0.2, 0.25) is 0 Å². The highest BCUT2D eigenvalue weighted by Gasteiger charge is 2.68. The van der Waals surface area contributed by atoms with E-state index in [1.165, 1.54) is 0 Å². The van der Waals surface area contributed by atoms with Crippen molar-refractivity contribution < 1.29 is 24.9 Å². The third-order valence-corrected chi connectivity index (χ3v) is 11.7. The molecule has 0 amide bonds. The summed E-state index contributed by atoms with van der Waals surface area (Å²) in [5.41, 5.74) is 5.05. The molecule has 0 aliphatic heterocycles. The number of nitrogens with two attached hydrogens (primary N) is 1. The average Bonchev–Trinajstić information content (AvgIpc) is 3.10. The molecule has 188 valence electrons. The highest BCUT2D eigenvalue weighted by atomic mass is 16.4. The molecule has 6 heteroatoms. The van der Waals surface area contributed by atoms with E-state index in [1.807, 2.05) is 6.92 Å². The van der Waals surface area contributed by atoms with E-state index < -0.39 is 23.6 Å². The first-order chi connectivity index (χ1) is 15.4. The number of fused-ring (bicyclic) bond motifs is 5. The Bertz CT molecular complexity index is 786. The number of carboxylic acids is 1. The van der Waals surface area contributed by atoms with E-state index >= 15 is 0 Å². The smallest absolute Gasteiger partial charge is 0.303 e. The maximum absolute atomic E-state index is 13.3. The Hall–Kier alpha value is -0.980. The molecule has 0 bridgehead atoms. The van der Waals surface area contributed by atoms with Gasteiger partial charge in [-0.15, -0.1) is 0 Å². The zero-order chi connectivity index (χ0) is 24.3. The Kier molecular flexibility index (Phi) is 6.55. The molecule has 2 unspecified atom stereocenters. The van der Waals surface area contributed by atoms with Crippen LogP contribution in [0.15, 0.2) is 0 Å². The molecule has 0 radical (unpaired) electrons. The molecule has 4 aliphatic carbocycles. The van der Waals surface area contributed by atoms with Crippen molar-refractivity contribution >= 4 is 11.8 Å². The van der Waals surface area contributed by atoms with Gasteiger partial charge in [-0.2, -0.15) is 0 Å². The fourth-order valence-corrected chi connectivity index (χ4v) is 9.90. The maximum atomic E-state index is 13.3. The normalized spacial score (nSPS) is 50.1. The minimum absolute atomic E-state index is 0.00419. The lowest BCUT2D eigenvalue weighted by molar-refractivity contribution is -0.220. The van der Waals surface area contributed by atoms with Crippen molar-refractivity contribution in [3.05, 3.63) is 0 Å². The van der Waals surface area contributed by atoms with E-state index in [9.17, 15) is 24.9 Å². The van der Waals surface area contributed by atoms with Gasteiger partial charge in [-0.05, 0) is 97.7 Å². The van der Waals surface area contributed by atoms with E-state index in [0.717, 1.165) is 25.7 Å². The fraction of sp³-hybridized carbons (Fsp3) is 0.926. The van der Waals surface area contributed by atoms with E-state index in [4.69, 9.17) is 5.73 Å². The number of carboxylic acid groups (broad SMARTS) is 1. The zero-order valence-corrected chi connectivity index (χ0v) is 20.9.